The lowest BCUT2D eigenvalue weighted by molar-refractivity contribution is -0.137. The Hall–Kier alpha value is -4.34. The molecule has 3 rings (SSSR count). The lowest BCUT2D eigenvalue weighted by atomic mass is 10.2. The number of hydrazine groups is 1. The second-order valence-electron chi connectivity index (χ2n) is 7.11. The van der Waals surface area contributed by atoms with Crippen molar-refractivity contribution in [1.29, 1.82) is 0 Å². The summed E-state index contributed by atoms with van der Waals surface area (Å²) >= 11 is 0. The number of methoxy groups -OCH3 is 2. The van der Waals surface area contributed by atoms with Crippen LogP contribution in [0.3, 0.4) is 0 Å². The van der Waals surface area contributed by atoms with E-state index in [1.54, 1.807) is 37.3 Å². The van der Waals surface area contributed by atoms with E-state index >= 15 is 0 Å². The number of carbonyl (C=O) groups excluding carboxylic acids is 4. The maximum absolute atomic E-state index is 13.3. The molecule has 1 atom stereocenters. The van der Waals surface area contributed by atoms with Crippen LogP contribution in [0.4, 0.5) is 10.5 Å². The molecule has 0 bridgehead atoms. The molecule has 34 heavy (non-hydrogen) atoms. The number of amides is 4. The van der Waals surface area contributed by atoms with Gasteiger partial charge < -0.3 is 14.2 Å². The highest BCUT2D eigenvalue weighted by Gasteiger charge is 2.46. The number of hydrogen-bond donors (Lipinski definition) is 1. The molecule has 1 N–H and O–H groups in total. The Morgan fingerprint density at radius 3 is 2.50 bits per heavy atom. The van der Waals surface area contributed by atoms with E-state index in [0.717, 1.165) is 15.5 Å². The smallest absolute Gasteiger partial charge is 0.426 e. The zero-order valence-corrected chi connectivity index (χ0v) is 19.0. The van der Waals surface area contributed by atoms with E-state index in [4.69, 9.17) is 14.2 Å². The SMILES string of the molecule is CCOC(=O)NN(C(=O)C=Cc1ccccc1)C1CC(=O)N(c2ccc(OC)cc2OC)C1=O. The molecule has 0 saturated carbocycles. The average Bonchev–Trinajstić information content (AvgIpc) is 3.14. The molecule has 1 aliphatic heterocycles. The first-order valence-corrected chi connectivity index (χ1v) is 10.5. The molecule has 2 aromatic carbocycles. The third-order valence-electron chi connectivity index (χ3n) is 5.00. The Morgan fingerprint density at radius 2 is 1.85 bits per heavy atom. The second-order valence-corrected chi connectivity index (χ2v) is 7.11. The first kappa shape index (κ1) is 24.3. The summed E-state index contributed by atoms with van der Waals surface area (Å²) in [5, 5.41) is 0.813. The molecule has 2 aromatic rings. The minimum Gasteiger partial charge on any atom is -0.497 e. The molecule has 0 aromatic heterocycles. The monoisotopic (exact) mass is 467 g/mol. The van der Waals surface area contributed by atoms with Crippen LogP contribution in [-0.2, 0) is 19.1 Å². The zero-order valence-electron chi connectivity index (χ0n) is 19.0. The number of imide groups is 1. The normalized spacial score (nSPS) is 15.4. The summed E-state index contributed by atoms with van der Waals surface area (Å²) in [5.74, 6) is -1.25. The molecule has 0 aliphatic carbocycles. The zero-order chi connectivity index (χ0) is 24.7. The molecular formula is C24H25N3O7. The predicted octanol–water partition coefficient (Wildman–Crippen LogP) is 2.54. The third-order valence-corrected chi connectivity index (χ3v) is 5.00. The lowest BCUT2D eigenvalue weighted by Crippen LogP contribution is -2.54. The molecule has 10 heteroatoms. The van der Waals surface area contributed by atoms with Gasteiger partial charge in [-0.25, -0.2) is 20.1 Å². The van der Waals surface area contributed by atoms with E-state index < -0.39 is 29.9 Å². The van der Waals surface area contributed by atoms with Gasteiger partial charge >= 0.3 is 6.09 Å². The van der Waals surface area contributed by atoms with Gasteiger partial charge in [-0.05, 0) is 30.7 Å². The molecule has 178 valence electrons. The van der Waals surface area contributed by atoms with Crippen molar-refractivity contribution in [1.82, 2.24) is 10.4 Å². The van der Waals surface area contributed by atoms with Crippen LogP contribution in [0.25, 0.3) is 6.08 Å². The summed E-state index contributed by atoms with van der Waals surface area (Å²) in [4.78, 5) is 52.2. The molecule has 1 heterocycles. The fourth-order valence-electron chi connectivity index (χ4n) is 3.40. The van der Waals surface area contributed by atoms with Crippen LogP contribution in [0.2, 0.25) is 0 Å². The molecule has 1 unspecified atom stereocenters. The fourth-order valence-corrected chi connectivity index (χ4v) is 3.40. The number of hydrogen-bond acceptors (Lipinski definition) is 7. The van der Waals surface area contributed by atoms with Crippen molar-refractivity contribution in [2.24, 2.45) is 0 Å². The topological polar surface area (TPSA) is 114 Å². The van der Waals surface area contributed by atoms with Gasteiger partial charge in [0.25, 0.3) is 11.8 Å². The quantitative estimate of drug-likeness (QED) is 0.378. The Balaban J connectivity index is 1.91. The summed E-state index contributed by atoms with van der Waals surface area (Å²) in [5.41, 5.74) is 3.23. The second kappa shape index (κ2) is 11.0. The van der Waals surface area contributed by atoms with E-state index in [9.17, 15) is 19.2 Å². The Bertz CT molecular complexity index is 1100. The van der Waals surface area contributed by atoms with Crippen LogP contribution in [0.15, 0.2) is 54.6 Å². The van der Waals surface area contributed by atoms with Crippen molar-refractivity contribution in [3.8, 4) is 11.5 Å². The van der Waals surface area contributed by atoms with Gasteiger partial charge in [0.2, 0.25) is 5.91 Å². The summed E-state index contributed by atoms with van der Waals surface area (Å²) in [6.45, 7) is 1.66. The minimum absolute atomic E-state index is 0.0560. The van der Waals surface area contributed by atoms with Crippen LogP contribution in [0.5, 0.6) is 11.5 Å². The minimum atomic E-state index is -1.28. The molecule has 0 radical (unpaired) electrons. The van der Waals surface area contributed by atoms with Crippen molar-refractivity contribution in [3.63, 3.8) is 0 Å². The largest absolute Gasteiger partial charge is 0.497 e. The number of carbonyl (C=O) groups is 4. The molecule has 10 nitrogen and oxygen atoms in total. The van der Waals surface area contributed by atoms with E-state index in [1.807, 2.05) is 6.07 Å². The van der Waals surface area contributed by atoms with Gasteiger partial charge in [0.15, 0.2) is 0 Å². The van der Waals surface area contributed by atoms with Crippen LogP contribution in [0, 0.1) is 0 Å². The van der Waals surface area contributed by atoms with Crippen LogP contribution >= 0.6 is 0 Å². The number of benzene rings is 2. The predicted molar refractivity (Wildman–Crippen MR) is 123 cm³/mol. The highest BCUT2D eigenvalue weighted by Crippen LogP contribution is 2.35. The van der Waals surface area contributed by atoms with Crippen molar-refractivity contribution in [3.05, 3.63) is 60.2 Å². The fraction of sp³-hybridized carbons (Fsp3) is 0.250. The van der Waals surface area contributed by atoms with Crippen molar-refractivity contribution >= 4 is 35.6 Å². The molecule has 1 fully saturated rings. The molecular weight excluding hydrogens is 442 g/mol. The summed E-state index contributed by atoms with van der Waals surface area (Å²) in [7, 11) is 2.87. The van der Waals surface area contributed by atoms with Crippen LogP contribution < -0.4 is 19.8 Å². The standard InChI is InChI=1S/C24H25N3O7/c1-4-34-24(31)25-27(21(28)13-10-16-8-6-5-7-9-16)19-15-22(29)26(23(19)30)18-12-11-17(32-2)14-20(18)33-3/h5-14,19H,4,15H2,1-3H3,(H,25,31). The van der Waals surface area contributed by atoms with Gasteiger partial charge in [-0.2, -0.15) is 0 Å². The van der Waals surface area contributed by atoms with E-state index in [1.165, 1.54) is 38.5 Å². The van der Waals surface area contributed by atoms with Crippen molar-refractivity contribution in [2.45, 2.75) is 19.4 Å². The van der Waals surface area contributed by atoms with Gasteiger partial charge in [-0.3, -0.25) is 14.4 Å². The van der Waals surface area contributed by atoms with Gasteiger partial charge in [0, 0.05) is 12.1 Å². The van der Waals surface area contributed by atoms with E-state index in [2.05, 4.69) is 5.43 Å². The molecule has 0 spiro atoms. The van der Waals surface area contributed by atoms with Gasteiger partial charge in [-0.1, -0.05) is 30.3 Å². The van der Waals surface area contributed by atoms with Crippen LogP contribution in [0.1, 0.15) is 18.9 Å². The van der Waals surface area contributed by atoms with Gasteiger partial charge in [-0.15, -0.1) is 0 Å². The highest BCUT2D eigenvalue weighted by molar-refractivity contribution is 6.23. The maximum Gasteiger partial charge on any atom is 0.426 e. The number of anilines is 1. The van der Waals surface area contributed by atoms with Crippen LogP contribution in [-0.4, -0.2) is 55.7 Å². The number of nitrogens with one attached hydrogen (secondary N) is 1. The number of ether oxygens (including phenoxy) is 3. The average molecular weight is 467 g/mol. The van der Waals surface area contributed by atoms with E-state index in [0.29, 0.717) is 5.75 Å². The first-order valence-electron chi connectivity index (χ1n) is 10.5. The lowest BCUT2D eigenvalue weighted by Gasteiger charge is -2.26. The van der Waals surface area contributed by atoms with Gasteiger partial charge in [0.05, 0.1) is 32.9 Å². The van der Waals surface area contributed by atoms with E-state index in [-0.39, 0.29) is 24.5 Å². The van der Waals surface area contributed by atoms with Gasteiger partial charge in [0.1, 0.15) is 17.5 Å². The summed E-state index contributed by atoms with van der Waals surface area (Å²) in [6, 6.07) is 12.4. The third kappa shape index (κ3) is 5.34. The Morgan fingerprint density at radius 1 is 1.12 bits per heavy atom. The summed E-state index contributed by atoms with van der Waals surface area (Å²) in [6.07, 6.45) is 1.47. The number of nitrogens with zero attached hydrogens (tertiary/aromatic N) is 2. The van der Waals surface area contributed by atoms with Crippen molar-refractivity contribution < 1.29 is 33.4 Å². The summed E-state index contributed by atoms with van der Waals surface area (Å²) < 4.78 is 15.3. The molecule has 4 amide bonds. The van der Waals surface area contributed by atoms with Crippen molar-refractivity contribution in [2.75, 3.05) is 25.7 Å². The number of rotatable bonds is 7. The maximum atomic E-state index is 13.3. The Kier molecular flexibility index (Phi) is 7.86. The highest BCUT2D eigenvalue weighted by atomic mass is 16.6. The molecule has 1 aliphatic rings. The first-order chi connectivity index (χ1) is 16.4. The Labute approximate surface area is 196 Å². The molecule has 1 saturated heterocycles.